The van der Waals surface area contributed by atoms with E-state index in [1.165, 1.54) is 45.2 Å². The summed E-state index contributed by atoms with van der Waals surface area (Å²) in [5.41, 5.74) is 0. The summed E-state index contributed by atoms with van der Waals surface area (Å²) in [6.07, 6.45) is 1.13. The molecule has 0 aromatic heterocycles. The van der Waals surface area contributed by atoms with E-state index >= 15 is 0 Å². The average molecular weight is 218 g/mol. The predicted molar refractivity (Wildman–Crippen MR) is 62.8 cm³/mol. The van der Waals surface area contributed by atoms with Crippen LogP contribution in [0.25, 0.3) is 0 Å². The van der Waals surface area contributed by atoms with Crippen molar-refractivity contribution < 1.29 is 0 Å². The van der Waals surface area contributed by atoms with Gasteiger partial charge in [0.2, 0.25) is 0 Å². The first-order valence-corrected chi connectivity index (χ1v) is 6.05. The Kier molecular flexibility index (Phi) is 5.83. The van der Waals surface area contributed by atoms with Crippen LogP contribution in [0.4, 0.5) is 0 Å². The zero-order valence-corrected chi connectivity index (χ0v) is 10.2. The van der Waals surface area contributed by atoms with Crippen LogP contribution in [0.5, 0.6) is 0 Å². The largest absolute Gasteiger partial charge is 0.301 e. The molecular weight excluding hydrogens is 196 g/mol. The van der Waals surface area contributed by atoms with E-state index in [1.807, 2.05) is 0 Å². The van der Waals surface area contributed by atoms with Crippen LogP contribution in [0.1, 0.15) is 20.3 Å². The lowest BCUT2D eigenvalue weighted by molar-refractivity contribution is 0.137. The minimum Gasteiger partial charge on any atom is -0.301 e. The zero-order valence-electron chi connectivity index (χ0n) is 9.43. The van der Waals surface area contributed by atoms with Gasteiger partial charge in [-0.05, 0) is 18.9 Å². The average Bonchev–Trinajstić information content (AvgIpc) is 2.16. The molecule has 0 N–H and O–H groups in total. The van der Waals surface area contributed by atoms with Gasteiger partial charge in [-0.15, -0.1) is 11.6 Å². The summed E-state index contributed by atoms with van der Waals surface area (Å²) < 4.78 is 0. The summed E-state index contributed by atoms with van der Waals surface area (Å²) in [5, 5.41) is 0. The fraction of sp³-hybridized carbons (Fsp3) is 0.909. The standard InChI is InChI=1S/C11H22ClN2/c1-11(2)10-14-8-6-13(7-9-14)5-3-4-12/h3-10H2,1-2H3. The molecule has 1 aliphatic heterocycles. The number of nitrogens with zero attached hydrogens (tertiary/aromatic N) is 2. The molecule has 0 atom stereocenters. The zero-order chi connectivity index (χ0) is 10.4. The Morgan fingerprint density at radius 3 is 2.14 bits per heavy atom. The summed E-state index contributed by atoms with van der Waals surface area (Å²) in [7, 11) is 0. The van der Waals surface area contributed by atoms with E-state index in [9.17, 15) is 0 Å². The van der Waals surface area contributed by atoms with E-state index < -0.39 is 0 Å². The molecule has 14 heavy (non-hydrogen) atoms. The Morgan fingerprint density at radius 1 is 1.07 bits per heavy atom. The summed E-state index contributed by atoms with van der Waals surface area (Å²) in [4.78, 5) is 5.05. The summed E-state index contributed by atoms with van der Waals surface area (Å²) in [6, 6.07) is 0. The number of piperazine rings is 1. The number of alkyl halides is 1. The molecule has 0 amide bonds. The summed E-state index contributed by atoms with van der Waals surface area (Å²) >= 11 is 5.68. The first kappa shape index (κ1) is 12.3. The van der Waals surface area contributed by atoms with E-state index in [4.69, 9.17) is 11.6 Å². The third-order valence-corrected chi connectivity index (χ3v) is 2.88. The van der Waals surface area contributed by atoms with Gasteiger partial charge in [0, 0.05) is 38.6 Å². The number of hydrogen-bond acceptors (Lipinski definition) is 2. The van der Waals surface area contributed by atoms with Crippen molar-refractivity contribution in [3.63, 3.8) is 0 Å². The monoisotopic (exact) mass is 217 g/mol. The normalized spacial score (nSPS) is 20.6. The minimum absolute atomic E-state index is 0.794. The lowest BCUT2D eigenvalue weighted by Gasteiger charge is -2.35. The second-order valence-electron chi connectivity index (χ2n) is 4.37. The molecule has 0 saturated carbocycles. The molecular formula is C11H22ClN2. The Hall–Kier alpha value is 0.210. The van der Waals surface area contributed by atoms with Crippen LogP contribution < -0.4 is 0 Å². The molecule has 1 heterocycles. The lowest BCUT2D eigenvalue weighted by Crippen LogP contribution is -2.47. The molecule has 1 saturated heterocycles. The van der Waals surface area contributed by atoms with Crippen molar-refractivity contribution in [2.75, 3.05) is 45.1 Å². The van der Waals surface area contributed by atoms with Gasteiger partial charge in [-0.2, -0.15) is 0 Å². The maximum absolute atomic E-state index is 5.68. The van der Waals surface area contributed by atoms with Crippen molar-refractivity contribution >= 4 is 11.6 Å². The summed E-state index contributed by atoms with van der Waals surface area (Å²) in [5.74, 6) is 2.31. The van der Waals surface area contributed by atoms with Crippen LogP contribution in [0, 0.1) is 5.92 Å². The van der Waals surface area contributed by atoms with E-state index in [2.05, 4.69) is 23.6 Å². The Morgan fingerprint density at radius 2 is 1.64 bits per heavy atom. The van der Waals surface area contributed by atoms with Crippen molar-refractivity contribution in [1.29, 1.82) is 0 Å². The van der Waals surface area contributed by atoms with E-state index in [1.54, 1.807) is 0 Å². The van der Waals surface area contributed by atoms with Crippen LogP contribution in [0.3, 0.4) is 0 Å². The molecule has 0 aliphatic carbocycles. The van der Waals surface area contributed by atoms with Crippen molar-refractivity contribution in [3.8, 4) is 0 Å². The first-order chi connectivity index (χ1) is 6.72. The smallest absolute Gasteiger partial charge is 0.0235 e. The molecule has 2 nitrogen and oxygen atoms in total. The fourth-order valence-electron chi connectivity index (χ4n) is 1.90. The van der Waals surface area contributed by atoms with E-state index in [0.29, 0.717) is 0 Å². The molecule has 3 heteroatoms. The van der Waals surface area contributed by atoms with Gasteiger partial charge < -0.3 is 9.80 Å². The maximum Gasteiger partial charge on any atom is 0.0235 e. The molecule has 1 rings (SSSR count). The highest BCUT2D eigenvalue weighted by atomic mass is 35.5. The van der Waals surface area contributed by atoms with Crippen molar-refractivity contribution in [2.45, 2.75) is 20.3 Å². The molecule has 83 valence electrons. The van der Waals surface area contributed by atoms with Gasteiger partial charge in [-0.3, -0.25) is 0 Å². The quantitative estimate of drug-likeness (QED) is 0.649. The lowest BCUT2D eigenvalue weighted by atomic mass is 10.2. The van der Waals surface area contributed by atoms with Gasteiger partial charge in [0.25, 0.3) is 0 Å². The van der Waals surface area contributed by atoms with E-state index in [-0.39, 0.29) is 0 Å². The van der Waals surface area contributed by atoms with Crippen LogP contribution in [0.2, 0.25) is 0 Å². The third kappa shape index (κ3) is 4.63. The van der Waals surface area contributed by atoms with Gasteiger partial charge in [0.1, 0.15) is 0 Å². The molecule has 1 aliphatic rings. The number of rotatable bonds is 5. The van der Waals surface area contributed by atoms with E-state index in [0.717, 1.165) is 12.3 Å². The molecule has 0 bridgehead atoms. The topological polar surface area (TPSA) is 6.48 Å². The molecule has 0 spiro atoms. The van der Waals surface area contributed by atoms with Crippen LogP contribution in [-0.2, 0) is 0 Å². The molecule has 0 aromatic rings. The van der Waals surface area contributed by atoms with Crippen LogP contribution in [-0.4, -0.2) is 54.9 Å². The first-order valence-electron chi connectivity index (χ1n) is 5.52. The van der Waals surface area contributed by atoms with Gasteiger partial charge in [-0.25, -0.2) is 0 Å². The minimum atomic E-state index is 0.794. The second-order valence-corrected chi connectivity index (χ2v) is 4.75. The van der Waals surface area contributed by atoms with Gasteiger partial charge in [0.05, 0.1) is 0 Å². The Bertz CT molecular complexity index is 142. The number of halogens is 1. The highest BCUT2D eigenvalue weighted by molar-refractivity contribution is 6.17. The Balaban J connectivity index is 2.11. The van der Waals surface area contributed by atoms with Gasteiger partial charge >= 0.3 is 0 Å². The van der Waals surface area contributed by atoms with Gasteiger partial charge in [-0.1, -0.05) is 13.8 Å². The fourth-order valence-corrected chi connectivity index (χ4v) is 2.02. The highest BCUT2D eigenvalue weighted by Gasteiger charge is 2.16. The molecule has 1 fully saturated rings. The number of hydrogen-bond donors (Lipinski definition) is 0. The molecule has 0 unspecified atom stereocenters. The third-order valence-electron chi connectivity index (χ3n) is 2.61. The Labute approximate surface area is 93.2 Å². The maximum atomic E-state index is 5.68. The second kappa shape index (κ2) is 6.65. The van der Waals surface area contributed by atoms with Crippen LogP contribution in [0.15, 0.2) is 0 Å². The van der Waals surface area contributed by atoms with Gasteiger partial charge in [0.15, 0.2) is 0 Å². The highest BCUT2D eigenvalue weighted by Crippen LogP contribution is 2.06. The van der Waals surface area contributed by atoms with Crippen LogP contribution >= 0.6 is 11.6 Å². The van der Waals surface area contributed by atoms with Crippen molar-refractivity contribution in [1.82, 2.24) is 9.80 Å². The molecule has 1 radical (unpaired) electrons. The SMILES string of the molecule is C[C](C)CN1CCN(CCCCl)CC1. The van der Waals surface area contributed by atoms with Crippen molar-refractivity contribution in [2.24, 2.45) is 0 Å². The predicted octanol–water partition coefficient (Wildman–Crippen LogP) is 1.85. The van der Waals surface area contributed by atoms with Crippen molar-refractivity contribution in [3.05, 3.63) is 5.92 Å². The molecule has 0 aromatic carbocycles. The summed E-state index contributed by atoms with van der Waals surface area (Å²) in [6.45, 7) is 11.6.